The van der Waals surface area contributed by atoms with E-state index in [2.05, 4.69) is 37.9 Å². The Morgan fingerprint density at radius 3 is 2.90 bits per heavy atom. The third-order valence-corrected chi connectivity index (χ3v) is 5.26. The molecule has 168 valence electrons. The van der Waals surface area contributed by atoms with Gasteiger partial charge in [0, 0.05) is 45.6 Å². The van der Waals surface area contributed by atoms with Gasteiger partial charge in [0.1, 0.15) is 6.10 Å². The summed E-state index contributed by atoms with van der Waals surface area (Å²) in [7, 11) is 1.71. The van der Waals surface area contributed by atoms with Crippen LogP contribution in [-0.2, 0) is 22.5 Å². The zero-order chi connectivity index (χ0) is 22.1. The van der Waals surface area contributed by atoms with Crippen molar-refractivity contribution < 1.29 is 14.1 Å². The monoisotopic (exact) mass is 428 g/mol. The lowest BCUT2D eigenvalue weighted by Gasteiger charge is -2.17. The summed E-state index contributed by atoms with van der Waals surface area (Å²) in [6.45, 7) is 6.95. The standard InChI is InChI=1S/C22H32N6O3/c1-4-30-16(2)21-26-19(31-27-21)14-25-22(23-3)24-13-18-12-20(29)28(15-18)11-10-17-8-6-5-7-9-17/h5-9,16,18H,4,10-15H2,1-3H3,(H2,23,24,25). The Kier molecular flexibility index (Phi) is 8.40. The first-order valence-electron chi connectivity index (χ1n) is 10.8. The number of benzene rings is 1. The molecule has 0 aliphatic carbocycles. The van der Waals surface area contributed by atoms with Crippen LogP contribution in [0.4, 0.5) is 0 Å². The molecule has 2 aromatic rings. The van der Waals surface area contributed by atoms with E-state index < -0.39 is 0 Å². The second-order valence-corrected chi connectivity index (χ2v) is 7.60. The molecule has 1 amide bonds. The van der Waals surface area contributed by atoms with Crippen LogP contribution in [0.3, 0.4) is 0 Å². The fraction of sp³-hybridized carbons (Fsp3) is 0.545. The van der Waals surface area contributed by atoms with Crippen LogP contribution in [0.1, 0.15) is 43.7 Å². The van der Waals surface area contributed by atoms with E-state index in [4.69, 9.17) is 9.26 Å². The van der Waals surface area contributed by atoms with Crippen molar-refractivity contribution in [3.63, 3.8) is 0 Å². The predicted molar refractivity (Wildman–Crippen MR) is 117 cm³/mol. The average Bonchev–Trinajstić information content (AvgIpc) is 3.40. The van der Waals surface area contributed by atoms with Crippen LogP contribution < -0.4 is 10.6 Å². The Hall–Kier alpha value is -2.94. The molecule has 9 nitrogen and oxygen atoms in total. The number of aliphatic imine (C=N–C) groups is 1. The zero-order valence-electron chi connectivity index (χ0n) is 18.5. The fourth-order valence-electron chi connectivity index (χ4n) is 3.57. The number of likely N-dealkylation sites (tertiary alicyclic amines) is 1. The van der Waals surface area contributed by atoms with Gasteiger partial charge >= 0.3 is 0 Å². The highest BCUT2D eigenvalue weighted by Gasteiger charge is 2.29. The third-order valence-electron chi connectivity index (χ3n) is 5.26. The van der Waals surface area contributed by atoms with Gasteiger partial charge in [0.2, 0.25) is 11.8 Å². The smallest absolute Gasteiger partial charge is 0.246 e. The predicted octanol–water partition coefficient (Wildman–Crippen LogP) is 1.92. The second-order valence-electron chi connectivity index (χ2n) is 7.60. The number of hydrogen-bond donors (Lipinski definition) is 2. The minimum absolute atomic E-state index is 0.204. The van der Waals surface area contributed by atoms with Crippen LogP contribution in [0.25, 0.3) is 0 Å². The van der Waals surface area contributed by atoms with Crippen molar-refractivity contribution in [2.24, 2.45) is 10.9 Å². The van der Waals surface area contributed by atoms with Gasteiger partial charge in [-0.2, -0.15) is 4.98 Å². The molecule has 0 saturated carbocycles. The number of rotatable bonds is 10. The van der Waals surface area contributed by atoms with E-state index >= 15 is 0 Å². The van der Waals surface area contributed by atoms with Gasteiger partial charge in [0.05, 0.1) is 6.54 Å². The molecule has 0 radical (unpaired) electrons. The maximum Gasteiger partial charge on any atom is 0.246 e. The van der Waals surface area contributed by atoms with E-state index in [-0.39, 0.29) is 17.9 Å². The number of aromatic nitrogens is 2. The zero-order valence-corrected chi connectivity index (χ0v) is 18.5. The summed E-state index contributed by atoms with van der Waals surface area (Å²) < 4.78 is 10.7. The van der Waals surface area contributed by atoms with Crippen LogP contribution in [0, 0.1) is 5.92 Å². The molecule has 1 saturated heterocycles. The highest BCUT2D eigenvalue weighted by Crippen LogP contribution is 2.17. The Morgan fingerprint density at radius 2 is 2.16 bits per heavy atom. The molecule has 0 bridgehead atoms. The largest absolute Gasteiger partial charge is 0.371 e. The number of carbonyl (C=O) groups excluding carboxylic acids is 1. The fourth-order valence-corrected chi connectivity index (χ4v) is 3.57. The molecule has 31 heavy (non-hydrogen) atoms. The minimum atomic E-state index is -0.204. The summed E-state index contributed by atoms with van der Waals surface area (Å²) in [5, 5.41) is 10.4. The number of nitrogens with one attached hydrogen (secondary N) is 2. The third kappa shape index (κ3) is 6.78. The van der Waals surface area contributed by atoms with E-state index in [9.17, 15) is 4.79 Å². The first-order valence-corrected chi connectivity index (χ1v) is 10.8. The number of carbonyl (C=O) groups is 1. The Bertz CT molecular complexity index is 854. The van der Waals surface area contributed by atoms with Crippen LogP contribution >= 0.6 is 0 Å². The summed E-state index contributed by atoms with van der Waals surface area (Å²) in [5.41, 5.74) is 1.25. The normalized spacial score (nSPS) is 17.8. The van der Waals surface area contributed by atoms with Crippen molar-refractivity contribution in [2.45, 2.75) is 39.3 Å². The van der Waals surface area contributed by atoms with Gasteiger partial charge in [-0.3, -0.25) is 9.79 Å². The van der Waals surface area contributed by atoms with Crippen molar-refractivity contribution in [1.82, 2.24) is 25.7 Å². The second kappa shape index (κ2) is 11.5. The average molecular weight is 429 g/mol. The Balaban J connectivity index is 1.40. The number of amides is 1. The number of guanidine groups is 1. The molecule has 1 aliphatic rings. The Morgan fingerprint density at radius 1 is 1.35 bits per heavy atom. The van der Waals surface area contributed by atoms with Gasteiger partial charge in [-0.1, -0.05) is 35.5 Å². The molecule has 2 atom stereocenters. The summed E-state index contributed by atoms with van der Waals surface area (Å²) in [5.74, 6) is 2.10. The van der Waals surface area contributed by atoms with E-state index in [0.29, 0.717) is 43.8 Å². The van der Waals surface area contributed by atoms with Crippen molar-refractivity contribution in [2.75, 3.05) is 33.3 Å². The lowest BCUT2D eigenvalue weighted by molar-refractivity contribution is -0.127. The molecule has 9 heteroatoms. The summed E-state index contributed by atoms with van der Waals surface area (Å²) >= 11 is 0. The molecular formula is C22H32N6O3. The van der Waals surface area contributed by atoms with Crippen molar-refractivity contribution in [1.29, 1.82) is 0 Å². The maximum atomic E-state index is 12.3. The van der Waals surface area contributed by atoms with Gasteiger partial charge in [0.15, 0.2) is 11.8 Å². The Labute approximate surface area is 183 Å². The maximum absolute atomic E-state index is 12.3. The van der Waals surface area contributed by atoms with Gasteiger partial charge in [-0.15, -0.1) is 0 Å². The van der Waals surface area contributed by atoms with E-state index in [1.807, 2.05) is 36.9 Å². The van der Waals surface area contributed by atoms with Crippen molar-refractivity contribution >= 4 is 11.9 Å². The molecule has 3 rings (SSSR count). The van der Waals surface area contributed by atoms with E-state index in [0.717, 1.165) is 19.5 Å². The lowest BCUT2D eigenvalue weighted by atomic mass is 10.1. The van der Waals surface area contributed by atoms with Crippen molar-refractivity contribution in [3.05, 3.63) is 47.6 Å². The first kappa shape index (κ1) is 22.7. The molecule has 2 N–H and O–H groups in total. The summed E-state index contributed by atoms with van der Waals surface area (Å²) in [6.07, 6.45) is 1.23. The molecule has 2 unspecified atom stereocenters. The molecule has 1 aromatic heterocycles. The minimum Gasteiger partial charge on any atom is -0.371 e. The topological polar surface area (TPSA) is 105 Å². The molecular weight excluding hydrogens is 396 g/mol. The molecule has 1 aromatic carbocycles. The number of hydrogen-bond acceptors (Lipinski definition) is 6. The van der Waals surface area contributed by atoms with Crippen LogP contribution in [0.5, 0.6) is 0 Å². The highest BCUT2D eigenvalue weighted by atomic mass is 16.5. The van der Waals surface area contributed by atoms with E-state index in [1.165, 1.54) is 5.56 Å². The molecule has 0 spiro atoms. The van der Waals surface area contributed by atoms with Gasteiger partial charge < -0.3 is 24.8 Å². The van der Waals surface area contributed by atoms with Crippen LogP contribution in [-0.4, -0.2) is 60.2 Å². The molecule has 2 heterocycles. The van der Waals surface area contributed by atoms with Crippen molar-refractivity contribution in [3.8, 4) is 0 Å². The van der Waals surface area contributed by atoms with Gasteiger partial charge in [-0.05, 0) is 25.8 Å². The highest BCUT2D eigenvalue weighted by molar-refractivity contribution is 5.80. The van der Waals surface area contributed by atoms with Crippen LogP contribution in [0.15, 0.2) is 39.8 Å². The first-order chi connectivity index (χ1) is 15.1. The lowest BCUT2D eigenvalue weighted by Crippen LogP contribution is -2.40. The number of ether oxygens (including phenoxy) is 1. The number of nitrogens with zero attached hydrogens (tertiary/aromatic N) is 4. The summed E-state index contributed by atoms with van der Waals surface area (Å²) in [4.78, 5) is 22.9. The quantitative estimate of drug-likeness (QED) is 0.440. The molecule has 1 aliphatic heterocycles. The van der Waals surface area contributed by atoms with Crippen LogP contribution in [0.2, 0.25) is 0 Å². The molecule has 1 fully saturated rings. The summed E-state index contributed by atoms with van der Waals surface area (Å²) in [6, 6.07) is 10.3. The van der Waals surface area contributed by atoms with Gasteiger partial charge in [0.25, 0.3) is 0 Å². The van der Waals surface area contributed by atoms with E-state index in [1.54, 1.807) is 7.05 Å². The van der Waals surface area contributed by atoms with Gasteiger partial charge in [-0.25, -0.2) is 0 Å². The SMILES string of the molecule is CCOC(C)c1noc(CNC(=NC)NCC2CC(=O)N(CCc3ccccc3)C2)n1.